The van der Waals surface area contributed by atoms with Crippen LogP contribution in [0.15, 0.2) is 47.2 Å². The van der Waals surface area contributed by atoms with Gasteiger partial charge in [0.05, 0.1) is 15.9 Å². The first-order valence-corrected chi connectivity index (χ1v) is 13.2. The van der Waals surface area contributed by atoms with Gasteiger partial charge in [0.2, 0.25) is 0 Å². The number of rotatable bonds is 6. The quantitative estimate of drug-likeness (QED) is 0.317. The Labute approximate surface area is 201 Å². The Morgan fingerprint density at radius 3 is 2.79 bits per heavy atom. The number of Topliss-reactive ketones (excluding diaryl/α,β-unsaturated/α-hetero) is 1. The van der Waals surface area contributed by atoms with E-state index < -0.39 is 0 Å². The van der Waals surface area contributed by atoms with Crippen molar-refractivity contribution in [3.05, 3.63) is 62.5 Å². The molecule has 2 atom stereocenters. The molecule has 1 saturated carbocycles. The molecule has 5 rings (SSSR count). The first kappa shape index (κ1) is 22.0. The number of thiophene rings is 2. The molecule has 3 aromatic heterocycles. The third kappa shape index (κ3) is 4.39. The molecule has 1 aromatic carbocycles. The lowest BCUT2D eigenvalue weighted by Crippen LogP contribution is -2.38. The molecule has 7 heteroatoms. The molecule has 33 heavy (non-hydrogen) atoms. The van der Waals surface area contributed by atoms with E-state index in [1.807, 2.05) is 44.2 Å². The summed E-state index contributed by atoms with van der Waals surface area (Å²) in [5, 5.41) is 7.46. The van der Waals surface area contributed by atoms with E-state index in [-0.39, 0.29) is 23.8 Å². The molecule has 0 saturated heterocycles. The normalized spacial score (nSPS) is 18.5. The summed E-state index contributed by atoms with van der Waals surface area (Å²) in [5.74, 6) is 1.10. The molecule has 1 aliphatic carbocycles. The van der Waals surface area contributed by atoms with Crippen LogP contribution in [0.4, 0.5) is 0 Å². The predicted molar refractivity (Wildman–Crippen MR) is 135 cm³/mol. The van der Waals surface area contributed by atoms with Crippen molar-refractivity contribution < 1.29 is 9.59 Å². The Hall–Kier alpha value is -2.77. The number of carbonyl (C=O) groups is 2. The molecule has 0 bridgehead atoms. The third-order valence-electron chi connectivity index (χ3n) is 6.42. The lowest BCUT2D eigenvalue weighted by atomic mass is 9.90. The van der Waals surface area contributed by atoms with E-state index in [1.165, 1.54) is 11.3 Å². The van der Waals surface area contributed by atoms with Crippen LogP contribution in [0.5, 0.6) is 0 Å². The molecule has 3 heterocycles. The molecule has 5 nitrogen and oxygen atoms in total. The van der Waals surface area contributed by atoms with Crippen LogP contribution in [0.1, 0.15) is 70.0 Å². The largest absolute Gasteiger partial charge is 0.349 e. The highest BCUT2D eigenvalue weighted by atomic mass is 32.1. The van der Waals surface area contributed by atoms with Gasteiger partial charge in [0, 0.05) is 39.9 Å². The highest BCUT2D eigenvalue weighted by molar-refractivity contribution is 7.13. The second kappa shape index (κ2) is 9.23. The Kier molecular flexibility index (Phi) is 6.17. The molecular weight excluding hydrogens is 450 g/mol. The van der Waals surface area contributed by atoms with Gasteiger partial charge >= 0.3 is 0 Å². The number of ketones is 1. The molecule has 1 N–H and O–H groups in total. The minimum absolute atomic E-state index is 0.0232. The SMILES string of the molecule is CCC(=O)c1ccc2c(c1)nc(-c1ccsc1)n2C1CCCC(NC(=O)c2ccc(C)s2)C1. The van der Waals surface area contributed by atoms with E-state index in [2.05, 4.69) is 26.7 Å². The molecule has 0 aliphatic heterocycles. The first-order chi connectivity index (χ1) is 16.0. The summed E-state index contributed by atoms with van der Waals surface area (Å²) >= 11 is 3.19. The standard InChI is InChI=1S/C26H27N3O2S2/c1-3-23(30)17-8-9-22-21(13-17)28-25(18-11-12-32-15-18)29(22)20-6-4-5-19(14-20)27-26(31)24-10-7-16(2)33-24/h7-13,15,19-20H,3-6,14H2,1-2H3,(H,27,31). The molecule has 2 unspecified atom stereocenters. The zero-order chi connectivity index (χ0) is 22.9. The van der Waals surface area contributed by atoms with E-state index in [0.29, 0.717) is 12.0 Å². The maximum atomic E-state index is 12.8. The summed E-state index contributed by atoms with van der Waals surface area (Å²) in [5.41, 5.74) is 3.72. The van der Waals surface area contributed by atoms with Crippen molar-refractivity contribution in [2.45, 2.75) is 58.0 Å². The Morgan fingerprint density at radius 1 is 1.18 bits per heavy atom. The second-order valence-corrected chi connectivity index (χ2v) is 10.8. The number of benzene rings is 1. The van der Waals surface area contributed by atoms with Gasteiger partial charge in [-0.3, -0.25) is 9.59 Å². The molecule has 170 valence electrons. The summed E-state index contributed by atoms with van der Waals surface area (Å²) in [7, 11) is 0. The van der Waals surface area contributed by atoms with Crippen LogP contribution >= 0.6 is 22.7 Å². The van der Waals surface area contributed by atoms with Gasteiger partial charge in [-0.05, 0) is 74.4 Å². The van der Waals surface area contributed by atoms with Gasteiger partial charge in [-0.1, -0.05) is 6.92 Å². The number of imidazole rings is 1. The molecule has 0 spiro atoms. The molecule has 1 aliphatic rings. The smallest absolute Gasteiger partial charge is 0.261 e. The molecule has 4 aromatic rings. The van der Waals surface area contributed by atoms with Crippen LogP contribution in [-0.2, 0) is 0 Å². The Bertz CT molecular complexity index is 1300. The van der Waals surface area contributed by atoms with Gasteiger partial charge in [0.15, 0.2) is 5.78 Å². The average Bonchev–Trinajstić information content (AvgIpc) is 3.57. The fourth-order valence-corrected chi connectivity index (χ4v) is 6.19. The summed E-state index contributed by atoms with van der Waals surface area (Å²) < 4.78 is 2.34. The van der Waals surface area contributed by atoms with Gasteiger partial charge in [-0.2, -0.15) is 11.3 Å². The second-order valence-electron chi connectivity index (χ2n) is 8.70. The number of aromatic nitrogens is 2. The van der Waals surface area contributed by atoms with E-state index in [4.69, 9.17) is 4.98 Å². The number of hydrogen-bond acceptors (Lipinski definition) is 5. The summed E-state index contributed by atoms with van der Waals surface area (Å²) in [4.78, 5) is 31.9. The number of nitrogens with zero attached hydrogens (tertiary/aromatic N) is 2. The van der Waals surface area contributed by atoms with Gasteiger partial charge in [0.25, 0.3) is 5.91 Å². The van der Waals surface area contributed by atoms with Gasteiger partial charge in [-0.25, -0.2) is 4.98 Å². The summed E-state index contributed by atoms with van der Waals surface area (Å²) in [6.07, 6.45) is 4.44. The first-order valence-electron chi connectivity index (χ1n) is 11.5. The minimum Gasteiger partial charge on any atom is -0.349 e. The predicted octanol–water partition coefficient (Wildman–Crippen LogP) is 6.64. The molecule has 1 amide bonds. The van der Waals surface area contributed by atoms with Crippen LogP contribution in [0.2, 0.25) is 0 Å². The van der Waals surface area contributed by atoms with Gasteiger partial charge in [-0.15, -0.1) is 11.3 Å². The van der Waals surface area contributed by atoms with Crippen LogP contribution in [0, 0.1) is 6.92 Å². The average molecular weight is 478 g/mol. The maximum absolute atomic E-state index is 12.8. The number of nitrogens with one attached hydrogen (secondary N) is 1. The van der Waals surface area contributed by atoms with E-state index in [0.717, 1.165) is 57.9 Å². The zero-order valence-corrected chi connectivity index (χ0v) is 20.5. The van der Waals surface area contributed by atoms with E-state index in [1.54, 1.807) is 11.3 Å². The van der Waals surface area contributed by atoms with Gasteiger partial charge in [0.1, 0.15) is 5.82 Å². The topological polar surface area (TPSA) is 64.0 Å². The van der Waals surface area contributed by atoms with Crippen molar-refractivity contribution in [1.29, 1.82) is 0 Å². The van der Waals surface area contributed by atoms with Crippen molar-refractivity contribution in [3.63, 3.8) is 0 Å². The van der Waals surface area contributed by atoms with Crippen molar-refractivity contribution in [3.8, 4) is 11.4 Å². The minimum atomic E-state index is 0.0232. The van der Waals surface area contributed by atoms with Crippen LogP contribution in [0.25, 0.3) is 22.4 Å². The number of amides is 1. The number of carbonyl (C=O) groups excluding carboxylic acids is 2. The van der Waals surface area contributed by atoms with E-state index in [9.17, 15) is 9.59 Å². The number of aryl methyl sites for hydroxylation is 1. The number of fused-ring (bicyclic) bond motifs is 1. The van der Waals surface area contributed by atoms with E-state index >= 15 is 0 Å². The molecular formula is C26H27N3O2S2. The van der Waals surface area contributed by atoms with Crippen molar-refractivity contribution in [2.24, 2.45) is 0 Å². The summed E-state index contributed by atoms with van der Waals surface area (Å²) in [6.45, 7) is 3.91. The highest BCUT2D eigenvalue weighted by Crippen LogP contribution is 2.37. The Morgan fingerprint density at radius 2 is 2.06 bits per heavy atom. The van der Waals surface area contributed by atoms with Crippen LogP contribution in [0.3, 0.4) is 0 Å². The third-order valence-corrected chi connectivity index (χ3v) is 8.11. The van der Waals surface area contributed by atoms with Gasteiger partial charge < -0.3 is 9.88 Å². The van der Waals surface area contributed by atoms with Crippen molar-refractivity contribution in [1.82, 2.24) is 14.9 Å². The zero-order valence-electron chi connectivity index (χ0n) is 18.8. The van der Waals surface area contributed by atoms with Crippen LogP contribution < -0.4 is 5.32 Å². The molecule has 0 radical (unpaired) electrons. The van der Waals surface area contributed by atoms with Crippen molar-refractivity contribution >= 4 is 45.4 Å². The fraction of sp³-hybridized carbons (Fsp3) is 0.346. The monoisotopic (exact) mass is 477 g/mol. The fourth-order valence-electron chi connectivity index (χ4n) is 4.78. The summed E-state index contributed by atoms with van der Waals surface area (Å²) in [6, 6.07) is 12.3. The van der Waals surface area contributed by atoms with Crippen molar-refractivity contribution in [2.75, 3.05) is 0 Å². The highest BCUT2D eigenvalue weighted by Gasteiger charge is 2.28. The lowest BCUT2D eigenvalue weighted by Gasteiger charge is -2.32. The van der Waals surface area contributed by atoms with Crippen LogP contribution in [-0.4, -0.2) is 27.3 Å². The number of hydrogen-bond donors (Lipinski definition) is 1. The lowest BCUT2D eigenvalue weighted by molar-refractivity contribution is 0.0924. The molecule has 1 fully saturated rings. The Balaban J connectivity index is 1.47. The maximum Gasteiger partial charge on any atom is 0.261 e.